The number of hydrogen-bond acceptors (Lipinski definition) is 5. The summed E-state index contributed by atoms with van der Waals surface area (Å²) in [4.78, 5) is 12.5. The zero-order valence-corrected chi connectivity index (χ0v) is 15.8. The molecule has 3 aliphatic rings. The van der Waals surface area contributed by atoms with E-state index >= 15 is 0 Å². The molecule has 5 rings (SSSR count). The second-order valence-corrected chi connectivity index (χ2v) is 8.21. The van der Waals surface area contributed by atoms with Gasteiger partial charge in [-0.3, -0.25) is 0 Å². The number of hydrogen-bond donors (Lipinski definition) is 2. The fourth-order valence-corrected chi connectivity index (χ4v) is 4.50. The molecule has 0 radical (unpaired) electrons. The predicted molar refractivity (Wildman–Crippen MR) is 107 cm³/mol. The zero-order chi connectivity index (χ0) is 18.2. The number of anilines is 1. The lowest BCUT2D eigenvalue weighted by Crippen LogP contribution is -2.35. The highest BCUT2D eigenvalue weighted by Gasteiger charge is 2.31. The molecule has 1 aliphatic carbocycles. The molecular formula is C22H28N4O. The molecule has 5 heteroatoms. The number of phenols is 1. The average Bonchev–Trinajstić information content (AvgIpc) is 3.55. The van der Waals surface area contributed by atoms with E-state index in [0.717, 1.165) is 57.7 Å². The van der Waals surface area contributed by atoms with Crippen LogP contribution in [0.4, 0.5) is 5.82 Å². The first-order chi connectivity index (χ1) is 13.3. The maximum Gasteiger partial charge on any atom is 0.135 e. The second-order valence-electron chi connectivity index (χ2n) is 8.21. The molecule has 5 nitrogen and oxygen atoms in total. The highest BCUT2D eigenvalue weighted by atomic mass is 16.3. The van der Waals surface area contributed by atoms with Crippen LogP contribution in [-0.2, 0) is 12.8 Å². The van der Waals surface area contributed by atoms with Crippen LogP contribution in [0.1, 0.15) is 60.2 Å². The number of piperidine rings is 1. The van der Waals surface area contributed by atoms with Crippen LogP contribution in [0.15, 0.2) is 24.3 Å². The van der Waals surface area contributed by atoms with Gasteiger partial charge in [-0.25, -0.2) is 9.97 Å². The number of aromatic hydroxyl groups is 1. The van der Waals surface area contributed by atoms with Gasteiger partial charge in [0.15, 0.2) is 0 Å². The van der Waals surface area contributed by atoms with Crippen molar-refractivity contribution in [2.75, 3.05) is 31.1 Å². The summed E-state index contributed by atoms with van der Waals surface area (Å²) >= 11 is 0. The average molecular weight is 364 g/mol. The smallest absolute Gasteiger partial charge is 0.135 e. The molecule has 142 valence electrons. The predicted octanol–water partition coefficient (Wildman–Crippen LogP) is 3.13. The van der Waals surface area contributed by atoms with Crippen molar-refractivity contribution in [2.24, 2.45) is 0 Å². The van der Waals surface area contributed by atoms with E-state index < -0.39 is 0 Å². The summed E-state index contributed by atoms with van der Waals surface area (Å²) in [6.07, 6.45) is 6.84. The third-order valence-corrected chi connectivity index (χ3v) is 6.28. The molecule has 1 saturated heterocycles. The molecule has 2 aliphatic heterocycles. The van der Waals surface area contributed by atoms with Crippen molar-refractivity contribution in [3.8, 4) is 5.75 Å². The van der Waals surface area contributed by atoms with E-state index in [2.05, 4.69) is 22.3 Å². The van der Waals surface area contributed by atoms with Crippen LogP contribution in [0.3, 0.4) is 0 Å². The lowest BCUT2D eigenvalue weighted by molar-refractivity contribution is 0.472. The molecule has 0 amide bonds. The van der Waals surface area contributed by atoms with Crippen LogP contribution in [0, 0.1) is 0 Å². The van der Waals surface area contributed by atoms with Gasteiger partial charge >= 0.3 is 0 Å². The van der Waals surface area contributed by atoms with Crippen LogP contribution in [0.5, 0.6) is 5.75 Å². The van der Waals surface area contributed by atoms with Gasteiger partial charge in [0, 0.05) is 37.5 Å². The number of nitrogens with zero attached hydrogens (tertiary/aromatic N) is 3. The van der Waals surface area contributed by atoms with Crippen LogP contribution in [0.2, 0.25) is 0 Å². The summed E-state index contributed by atoms with van der Waals surface area (Å²) in [5, 5.41) is 13.0. The maximum atomic E-state index is 9.53. The van der Waals surface area contributed by atoms with E-state index in [1.165, 1.54) is 35.5 Å². The lowest BCUT2D eigenvalue weighted by atomic mass is 9.89. The van der Waals surface area contributed by atoms with E-state index in [-0.39, 0.29) is 0 Å². The Morgan fingerprint density at radius 1 is 0.889 bits per heavy atom. The number of aromatic nitrogens is 2. The third-order valence-electron chi connectivity index (χ3n) is 6.28. The van der Waals surface area contributed by atoms with Gasteiger partial charge in [-0.2, -0.15) is 0 Å². The Labute approximate surface area is 160 Å². The van der Waals surface area contributed by atoms with Crippen molar-refractivity contribution in [2.45, 2.75) is 50.4 Å². The van der Waals surface area contributed by atoms with Gasteiger partial charge in [0.25, 0.3) is 0 Å². The quantitative estimate of drug-likeness (QED) is 0.876. The molecule has 0 spiro atoms. The van der Waals surface area contributed by atoms with Gasteiger partial charge in [-0.05, 0) is 62.3 Å². The second kappa shape index (κ2) is 7.12. The van der Waals surface area contributed by atoms with Gasteiger partial charge in [0.05, 0.1) is 5.69 Å². The van der Waals surface area contributed by atoms with Gasteiger partial charge < -0.3 is 15.3 Å². The fraction of sp³-hybridized carbons (Fsp3) is 0.545. The van der Waals surface area contributed by atoms with Crippen molar-refractivity contribution >= 4 is 5.82 Å². The first kappa shape index (κ1) is 17.0. The Bertz CT molecular complexity index is 808. The van der Waals surface area contributed by atoms with Crippen molar-refractivity contribution < 1.29 is 5.11 Å². The minimum Gasteiger partial charge on any atom is -0.508 e. The molecule has 1 aromatic carbocycles. The third kappa shape index (κ3) is 3.53. The van der Waals surface area contributed by atoms with E-state index in [1.54, 1.807) is 12.1 Å². The SMILES string of the molecule is Oc1ccc(C2CCN(c3nc(C4CC4)nc4c3CCNCC4)CC2)cc1. The van der Waals surface area contributed by atoms with Crippen molar-refractivity contribution in [3.05, 3.63) is 46.9 Å². The minimum absolute atomic E-state index is 0.348. The number of nitrogens with one attached hydrogen (secondary N) is 1. The topological polar surface area (TPSA) is 61.3 Å². The van der Waals surface area contributed by atoms with Crippen LogP contribution >= 0.6 is 0 Å². The molecule has 0 atom stereocenters. The van der Waals surface area contributed by atoms with Crippen molar-refractivity contribution in [1.82, 2.24) is 15.3 Å². The zero-order valence-electron chi connectivity index (χ0n) is 15.8. The first-order valence-corrected chi connectivity index (χ1v) is 10.4. The number of benzene rings is 1. The number of fused-ring (bicyclic) bond motifs is 1. The number of phenolic OH excluding ortho intramolecular Hbond substituents is 1. The molecule has 1 saturated carbocycles. The monoisotopic (exact) mass is 364 g/mol. The largest absolute Gasteiger partial charge is 0.508 e. The van der Waals surface area contributed by atoms with E-state index in [1.807, 2.05) is 0 Å². The highest BCUT2D eigenvalue weighted by Crippen LogP contribution is 2.40. The molecule has 1 aromatic heterocycles. The Balaban J connectivity index is 1.38. The maximum absolute atomic E-state index is 9.53. The molecule has 0 bridgehead atoms. The van der Waals surface area contributed by atoms with Gasteiger partial charge in [-0.15, -0.1) is 0 Å². The standard InChI is InChI=1S/C22H28N4O/c27-18-5-3-15(4-6-18)16-9-13-26(14-10-16)22-19-7-11-23-12-8-20(19)24-21(25-22)17-1-2-17/h3-6,16-17,23,27H,1-2,7-14H2. The summed E-state index contributed by atoms with van der Waals surface area (Å²) in [5.74, 6) is 3.83. The molecule has 3 heterocycles. The van der Waals surface area contributed by atoms with Gasteiger partial charge in [-0.1, -0.05) is 12.1 Å². The molecule has 27 heavy (non-hydrogen) atoms. The van der Waals surface area contributed by atoms with Crippen LogP contribution in [-0.4, -0.2) is 41.3 Å². The van der Waals surface area contributed by atoms with Crippen molar-refractivity contribution in [1.29, 1.82) is 0 Å². The molecule has 2 fully saturated rings. The summed E-state index contributed by atoms with van der Waals surface area (Å²) < 4.78 is 0. The van der Waals surface area contributed by atoms with E-state index in [4.69, 9.17) is 9.97 Å². The lowest BCUT2D eigenvalue weighted by Gasteiger charge is -2.34. The summed E-state index contributed by atoms with van der Waals surface area (Å²) in [6, 6.07) is 7.76. The molecular weight excluding hydrogens is 336 g/mol. The van der Waals surface area contributed by atoms with Gasteiger partial charge in [0.2, 0.25) is 0 Å². The van der Waals surface area contributed by atoms with Gasteiger partial charge in [0.1, 0.15) is 17.4 Å². The summed E-state index contributed by atoms with van der Waals surface area (Å²) in [5.41, 5.74) is 4.01. The highest BCUT2D eigenvalue weighted by molar-refractivity contribution is 5.51. The van der Waals surface area contributed by atoms with E-state index in [9.17, 15) is 5.11 Å². The summed E-state index contributed by atoms with van der Waals surface area (Å²) in [6.45, 7) is 4.14. The molecule has 0 unspecified atom stereocenters. The Morgan fingerprint density at radius 2 is 1.63 bits per heavy atom. The van der Waals surface area contributed by atoms with E-state index in [0.29, 0.717) is 17.6 Å². The minimum atomic E-state index is 0.348. The van der Waals surface area contributed by atoms with Crippen LogP contribution in [0.25, 0.3) is 0 Å². The van der Waals surface area contributed by atoms with Crippen molar-refractivity contribution in [3.63, 3.8) is 0 Å². The fourth-order valence-electron chi connectivity index (χ4n) is 4.50. The Hall–Kier alpha value is -2.14. The Morgan fingerprint density at radius 3 is 2.37 bits per heavy atom. The first-order valence-electron chi connectivity index (χ1n) is 10.4. The number of rotatable bonds is 3. The Kier molecular flexibility index (Phi) is 4.48. The molecule has 2 N–H and O–H groups in total. The normalized spacial score (nSPS) is 21.0. The molecule has 2 aromatic rings. The summed E-state index contributed by atoms with van der Waals surface area (Å²) in [7, 11) is 0. The van der Waals surface area contributed by atoms with Crippen LogP contribution < -0.4 is 10.2 Å².